The summed E-state index contributed by atoms with van der Waals surface area (Å²) in [5.74, 6) is -0.641. The molecule has 0 bridgehead atoms. The first kappa shape index (κ1) is 6.84. The van der Waals surface area contributed by atoms with Crippen LogP contribution in [0.3, 0.4) is 0 Å². The number of allylic oxidation sites excluding steroid dienone is 3. The van der Waals surface area contributed by atoms with Crippen LogP contribution < -0.4 is 0 Å². The summed E-state index contributed by atoms with van der Waals surface area (Å²) in [6.45, 7) is 0. The van der Waals surface area contributed by atoms with E-state index < -0.39 is 5.91 Å². The van der Waals surface area contributed by atoms with Crippen molar-refractivity contribution >= 4 is 11.7 Å². The Morgan fingerprint density at radius 1 is 1.17 bits per heavy atom. The number of fused-ring (bicyclic) bond motifs is 1. The Balaban J connectivity index is 2.53. The van der Waals surface area contributed by atoms with E-state index in [1.54, 1.807) is 6.08 Å². The minimum atomic E-state index is -0.454. The molecule has 0 unspecified atom stereocenters. The Morgan fingerprint density at radius 3 is 2.83 bits per heavy atom. The van der Waals surface area contributed by atoms with Crippen molar-refractivity contribution in [3.63, 3.8) is 0 Å². The molecule has 2 rings (SSSR count). The van der Waals surface area contributed by atoms with E-state index in [0.29, 0.717) is 11.1 Å². The number of rotatable bonds is 0. The van der Waals surface area contributed by atoms with Crippen LogP contribution in [0.1, 0.15) is 0 Å². The van der Waals surface area contributed by atoms with Gasteiger partial charge in [0.15, 0.2) is 5.78 Å². The Hall–Kier alpha value is -1.84. The molecule has 0 aromatic heterocycles. The minimum Gasteiger partial charge on any atom is -0.290 e. The standard InChI is InChI=1S/C8H4N2O2/c11-6-2-1-5-4-9-10-8(12)7(5)3-6/h1-4H. The van der Waals surface area contributed by atoms with E-state index in [4.69, 9.17) is 0 Å². The quantitative estimate of drug-likeness (QED) is 0.529. The van der Waals surface area contributed by atoms with Crippen molar-refractivity contribution < 1.29 is 9.59 Å². The van der Waals surface area contributed by atoms with Gasteiger partial charge in [-0.05, 0) is 18.2 Å². The number of hydrogen-bond donors (Lipinski definition) is 0. The summed E-state index contributed by atoms with van der Waals surface area (Å²) in [5.41, 5.74) is 0.979. The second-order valence-corrected chi connectivity index (χ2v) is 2.40. The first-order valence-electron chi connectivity index (χ1n) is 3.37. The summed E-state index contributed by atoms with van der Waals surface area (Å²) < 4.78 is 0. The normalized spacial score (nSPS) is 20.3. The monoisotopic (exact) mass is 160 g/mol. The Morgan fingerprint density at radius 2 is 2.00 bits per heavy atom. The second-order valence-electron chi connectivity index (χ2n) is 2.40. The Kier molecular flexibility index (Phi) is 1.33. The van der Waals surface area contributed by atoms with Gasteiger partial charge >= 0.3 is 0 Å². The minimum absolute atomic E-state index is 0.187. The van der Waals surface area contributed by atoms with E-state index in [2.05, 4.69) is 10.2 Å². The van der Waals surface area contributed by atoms with Gasteiger partial charge in [-0.2, -0.15) is 5.11 Å². The largest absolute Gasteiger partial charge is 0.296 e. The van der Waals surface area contributed by atoms with Crippen molar-refractivity contribution in [3.05, 3.63) is 35.6 Å². The summed E-state index contributed by atoms with van der Waals surface area (Å²) in [7, 11) is 0. The molecule has 0 aromatic rings. The molecule has 4 heteroatoms. The number of carbonyl (C=O) groups is 2. The Labute approximate surface area is 68.0 Å². The summed E-state index contributed by atoms with van der Waals surface area (Å²) >= 11 is 0. The molecule has 0 N–H and O–H groups in total. The van der Waals surface area contributed by atoms with Gasteiger partial charge in [-0.15, -0.1) is 5.11 Å². The van der Waals surface area contributed by atoms with Gasteiger partial charge in [-0.3, -0.25) is 9.59 Å². The number of nitrogens with zero attached hydrogens (tertiary/aromatic N) is 2. The van der Waals surface area contributed by atoms with E-state index >= 15 is 0 Å². The third-order valence-corrected chi connectivity index (χ3v) is 1.60. The fourth-order valence-corrected chi connectivity index (χ4v) is 1.03. The lowest BCUT2D eigenvalue weighted by molar-refractivity contribution is -0.115. The highest BCUT2D eigenvalue weighted by Gasteiger charge is 2.19. The maximum absolute atomic E-state index is 11.0. The molecule has 0 radical (unpaired) electrons. The molecule has 12 heavy (non-hydrogen) atoms. The van der Waals surface area contributed by atoms with Crippen LogP contribution in [0, 0.1) is 0 Å². The molecular weight excluding hydrogens is 156 g/mol. The molecule has 4 nitrogen and oxygen atoms in total. The molecule has 58 valence electrons. The van der Waals surface area contributed by atoms with Crippen LogP contribution in [-0.2, 0) is 9.59 Å². The van der Waals surface area contributed by atoms with Gasteiger partial charge in [0, 0.05) is 5.57 Å². The van der Waals surface area contributed by atoms with E-state index in [0.717, 1.165) is 0 Å². The molecule has 0 aromatic carbocycles. The maximum Gasteiger partial charge on any atom is 0.296 e. The highest BCUT2D eigenvalue weighted by molar-refractivity contribution is 6.11. The van der Waals surface area contributed by atoms with Crippen molar-refractivity contribution in [2.45, 2.75) is 0 Å². The molecule has 2 aliphatic rings. The van der Waals surface area contributed by atoms with Gasteiger partial charge < -0.3 is 0 Å². The van der Waals surface area contributed by atoms with Gasteiger partial charge in [0.25, 0.3) is 5.91 Å². The SMILES string of the molecule is O=C1C=CC2=CN=NC(=O)C2=C1. The lowest BCUT2D eigenvalue weighted by atomic mass is 9.99. The van der Waals surface area contributed by atoms with Crippen LogP contribution >= 0.6 is 0 Å². The Bertz CT molecular complexity index is 386. The fraction of sp³-hybridized carbons (Fsp3) is 0. The van der Waals surface area contributed by atoms with Gasteiger partial charge in [0.05, 0.1) is 11.8 Å². The van der Waals surface area contributed by atoms with Crippen LogP contribution in [0.15, 0.2) is 45.8 Å². The lowest BCUT2D eigenvalue weighted by Crippen LogP contribution is -2.09. The highest BCUT2D eigenvalue weighted by Crippen LogP contribution is 2.21. The predicted molar refractivity (Wildman–Crippen MR) is 40.2 cm³/mol. The molecule has 1 aliphatic heterocycles. The molecule has 1 heterocycles. The summed E-state index contributed by atoms with van der Waals surface area (Å²) in [6, 6.07) is 0. The summed E-state index contributed by atoms with van der Waals surface area (Å²) in [6.07, 6.45) is 5.68. The molecular formula is C8H4N2O2. The summed E-state index contributed by atoms with van der Waals surface area (Å²) in [4.78, 5) is 21.9. The molecule has 0 saturated carbocycles. The van der Waals surface area contributed by atoms with E-state index in [9.17, 15) is 9.59 Å². The molecule has 1 amide bonds. The molecule has 0 saturated heterocycles. The topological polar surface area (TPSA) is 58.9 Å². The third kappa shape index (κ3) is 0.934. The van der Waals surface area contributed by atoms with Crippen LogP contribution in [0.2, 0.25) is 0 Å². The van der Waals surface area contributed by atoms with Gasteiger partial charge in [0.1, 0.15) is 0 Å². The lowest BCUT2D eigenvalue weighted by Gasteiger charge is -2.08. The van der Waals surface area contributed by atoms with Crippen molar-refractivity contribution in [1.82, 2.24) is 0 Å². The smallest absolute Gasteiger partial charge is 0.290 e. The van der Waals surface area contributed by atoms with E-state index in [-0.39, 0.29) is 5.78 Å². The van der Waals surface area contributed by atoms with Crippen LogP contribution in [0.5, 0.6) is 0 Å². The van der Waals surface area contributed by atoms with Crippen molar-refractivity contribution in [2.75, 3.05) is 0 Å². The highest BCUT2D eigenvalue weighted by atomic mass is 16.2. The molecule has 0 fully saturated rings. The summed E-state index contributed by atoms with van der Waals surface area (Å²) in [5, 5.41) is 6.78. The molecule has 0 spiro atoms. The number of ketones is 1. The van der Waals surface area contributed by atoms with Crippen molar-refractivity contribution in [1.29, 1.82) is 0 Å². The predicted octanol–water partition coefficient (Wildman–Crippen LogP) is 0.928. The van der Waals surface area contributed by atoms with Gasteiger partial charge in [-0.25, -0.2) is 0 Å². The molecule has 1 aliphatic carbocycles. The van der Waals surface area contributed by atoms with Crippen LogP contribution in [0.4, 0.5) is 0 Å². The van der Waals surface area contributed by atoms with Gasteiger partial charge in [-0.1, -0.05) is 0 Å². The third-order valence-electron chi connectivity index (χ3n) is 1.60. The first-order valence-corrected chi connectivity index (χ1v) is 3.37. The first-order chi connectivity index (χ1) is 5.77. The molecule has 0 atom stereocenters. The number of azo groups is 1. The van der Waals surface area contributed by atoms with E-state index in [1.807, 2.05) is 0 Å². The van der Waals surface area contributed by atoms with Gasteiger partial charge in [0.2, 0.25) is 0 Å². The van der Waals surface area contributed by atoms with Crippen LogP contribution in [0.25, 0.3) is 0 Å². The average molecular weight is 160 g/mol. The second kappa shape index (κ2) is 2.34. The zero-order chi connectivity index (χ0) is 8.55. The number of hydrogen-bond acceptors (Lipinski definition) is 3. The maximum atomic E-state index is 11.0. The van der Waals surface area contributed by atoms with Crippen LogP contribution in [-0.4, -0.2) is 11.7 Å². The fourth-order valence-electron chi connectivity index (χ4n) is 1.03. The van der Waals surface area contributed by atoms with E-state index in [1.165, 1.54) is 18.4 Å². The number of carbonyl (C=O) groups excluding carboxylic acids is 2. The van der Waals surface area contributed by atoms with Crippen molar-refractivity contribution in [3.8, 4) is 0 Å². The number of amides is 1. The zero-order valence-electron chi connectivity index (χ0n) is 6.02. The zero-order valence-corrected chi connectivity index (χ0v) is 6.02. The average Bonchev–Trinajstić information content (AvgIpc) is 2.07. The van der Waals surface area contributed by atoms with Crippen molar-refractivity contribution in [2.24, 2.45) is 10.2 Å².